The number of aromatic nitrogens is 1. The van der Waals surface area contributed by atoms with E-state index in [1.54, 1.807) is 0 Å². The molecular weight excluding hydrogens is 314 g/mol. The van der Waals surface area contributed by atoms with E-state index in [-0.39, 0.29) is 5.54 Å². The Morgan fingerprint density at radius 3 is 2.40 bits per heavy atom. The van der Waals surface area contributed by atoms with Gasteiger partial charge in [-0.15, -0.1) is 0 Å². The Bertz CT molecular complexity index is 438. The van der Waals surface area contributed by atoms with Gasteiger partial charge in [0.1, 0.15) is 5.82 Å². The number of hydrogen-bond acceptors (Lipinski definition) is 3. The van der Waals surface area contributed by atoms with Crippen molar-refractivity contribution in [2.75, 3.05) is 11.9 Å². The largest absolute Gasteiger partial charge is 0.356 e. The van der Waals surface area contributed by atoms with Gasteiger partial charge in [0, 0.05) is 41.4 Å². The van der Waals surface area contributed by atoms with Crippen LogP contribution in [-0.2, 0) is 6.54 Å². The molecule has 0 radical (unpaired) electrons. The van der Waals surface area contributed by atoms with Crippen LogP contribution in [0.5, 0.6) is 0 Å². The molecule has 1 heterocycles. The van der Waals surface area contributed by atoms with Crippen molar-refractivity contribution >= 4 is 21.7 Å². The molecule has 114 valence electrons. The lowest BCUT2D eigenvalue weighted by Crippen LogP contribution is -2.37. The number of nitrogens with zero attached hydrogens (tertiary/aromatic N) is 2. The summed E-state index contributed by atoms with van der Waals surface area (Å²) >= 11 is 3.52. The normalized spacial score (nSPS) is 13.7. The molecule has 0 bridgehead atoms. The summed E-state index contributed by atoms with van der Waals surface area (Å²) in [6.07, 6.45) is 1.87. The quantitative estimate of drug-likeness (QED) is 0.869. The van der Waals surface area contributed by atoms with Gasteiger partial charge in [-0.2, -0.15) is 0 Å². The molecule has 0 saturated heterocycles. The molecule has 0 spiro atoms. The van der Waals surface area contributed by atoms with E-state index in [1.165, 1.54) is 5.56 Å². The first kappa shape index (κ1) is 17.4. The number of halogens is 1. The molecule has 0 fully saturated rings. The van der Waals surface area contributed by atoms with E-state index < -0.39 is 0 Å². The van der Waals surface area contributed by atoms with Gasteiger partial charge in [-0.05, 0) is 55.6 Å². The van der Waals surface area contributed by atoms with Crippen molar-refractivity contribution in [1.82, 2.24) is 10.3 Å². The van der Waals surface area contributed by atoms with Crippen LogP contribution in [0.2, 0.25) is 0 Å². The SMILES string of the molecule is CC(C)C(C)N(C)c1ncc(Br)cc1CNC(C)(C)C. The fourth-order valence-electron chi connectivity index (χ4n) is 1.92. The summed E-state index contributed by atoms with van der Waals surface area (Å²) in [4.78, 5) is 6.90. The third-order valence-electron chi connectivity index (χ3n) is 3.63. The summed E-state index contributed by atoms with van der Waals surface area (Å²) < 4.78 is 1.03. The topological polar surface area (TPSA) is 28.2 Å². The number of nitrogens with one attached hydrogen (secondary N) is 1. The molecule has 0 saturated carbocycles. The lowest BCUT2D eigenvalue weighted by atomic mass is 10.0. The molecule has 4 heteroatoms. The highest BCUT2D eigenvalue weighted by molar-refractivity contribution is 9.10. The van der Waals surface area contributed by atoms with Crippen molar-refractivity contribution in [3.05, 3.63) is 22.3 Å². The van der Waals surface area contributed by atoms with E-state index in [9.17, 15) is 0 Å². The average molecular weight is 342 g/mol. The molecule has 0 amide bonds. The summed E-state index contributed by atoms with van der Waals surface area (Å²) in [5, 5.41) is 3.54. The predicted octanol–water partition coefficient (Wildman–Crippen LogP) is 4.21. The van der Waals surface area contributed by atoms with Crippen LogP contribution in [0, 0.1) is 5.92 Å². The average Bonchev–Trinajstić information content (AvgIpc) is 2.33. The van der Waals surface area contributed by atoms with E-state index in [2.05, 4.69) is 85.8 Å². The van der Waals surface area contributed by atoms with Crippen LogP contribution in [-0.4, -0.2) is 23.6 Å². The number of rotatable bonds is 5. The monoisotopic (exact) mass is 341 g/mol. The van der Waals surface area contributed by atoms with E-state index in [0.29, 0.717) is 12.0 Å². The Labute approximate surface area is 132 Å². The van der Waals surface area contributed by atoms with Crippen molar-refractivity contribution < 1.29 is 0 Å². The van der Waals surface area contributed by atoms with Crippen LogP contribution in [0.15, 0.2) is 16.7 Å². The van der Waals surface area contributed by atoms with Crippen LogP contribution < -0.4 is 10.2 Å². The van der Waals surface area contributed by atoms with Gasteiger partial charge in [0.25, 0.3) is 0 Å². The highest BCUT2D eigenvalue weighted by atomic mass is 79.9. The van der Waals surface area contributed by atoms with Gasteiger partial charge in [-0.25, -0.2) is 4.98 Å². The highest BCUT2D eigenvalue weighted by Gasteiger charge is 2.19. The van der Waals surface area contributed by atoms with Gasteiger partial charge in [0.2, 0.25) is 0 Å². The molecule has 1 rings (SSSR count). The highest BCUT2D eigenvalue weighted by Crippen LogP contribution is 2.24. The maximum absolute atomic E-state index is 4.62. The second kappa shape index (κ2) is 6.90. The van der Waals surface area contributed by atoms with Crippen LogP contribution in [0.4, 0.5) is 5.82 Å². The first-order valence-corrected chi connectivity index (χ1v) is 8.03. The molecule has 0 aliphatic carbocycles. The lowest BCUT2D eigenvalue weighted by molar-refractivity contribution is 0.423. The zero-order valence-corrected chi connectivity index (χ0v) is 15.4. The van der Waals surface area contributed by atoms with Gasteiger partial charge in [-0.3, -0.25) is 0 Å². The molecule has 1 N–H and O–H groups in total. The minimum Gasteiger partial charge on any atom is -0.356 e. The molecule has 0 aliphatic heterocycles. The zero-order chi connectivity index (χ0) is 15.5. The van der Waals surface area contributed by atoms with Crippen molar-refractivity contribution in [3.8, 4) is 0 Å². The molecule has 0 aliphatic rings. The summed E-state index contributed by atoms with van der Waals surface area (Å²) in [5.41, 5.74) is 1.33. The van der Waals surface area contributed by atoms with Gasteiger partial charge in [-0.1, -0.05) is 13.8 Å². The molecule has 3 nitrogen and oxygen atoms in total. The Hall–Kier alpha value is -0.610. The van der Waals surface area contributed by atoms with E-state index in [1.807, 2.05) is 6.20 Å². The zero-order valence-electron chi connectivity index (χ0n) is 13.8. The number of pyridine rings is 1. The van der Waals surface area contributed by atoms with E-state index in [0.717, 1.165) is 16.8 Å². The van der Waals surface area contributed by atoms with E-state index in [4.69, 9.17) is 0 Å². The van der Waals surface area contributed by atoms with Crippen molar-refractivity contribution in [3.63, 3.8) is 0 Å². The Balaban J connectivity index is 3.01. The number of hydrogen-bond donors (Lipinski definition) is 1. The van der Waals surface area contributed by atoms with Gasteiger partial charge < -0.3 is 10.2 Å². The van der Waals surface area contributed by atoms with Crippen molar-refractivity contribution in [1.29, 1.82) is 0 Å². The van der Waals surface area contributed by atoms with Crippen LogP contribution in [0.1, 0.15) is 47.1 Å². The molecule has 1 atom stereocenters. The summed E-state index contributed by atoms with van der Waals surface area (Å²) in [6, 6.07) is 2.61. The second-order valence-corrected chi connectivity index (χ2v) is 7.75. The predicted molar refractivity (Wildman–Crippen MR) is 91.2 cm³/mol. The summed E-state index contributed by atoms with van der Waals surface area (Å²) in [6.45, 7) is 14.1. The minimum absolute atomic E-state index is 0.0990. The first-order valence-electron chi connectivity index (χ1n) is 7.24. The standard InChI is InChI=1S/C16H28BrN3/c1-11(2)12(3)20(7)15-13(8-14(17)10-18-15)9-19-16(4,5)6/h8,10-12,19H,9H2,1-7H3. The third-order valence-corrected chi connectivity index (χ3v) is 4.06. The maximum Gasteiger partial charge on any atom is 0.133 e. The summed E-state index contributed by atoms with van der Waals surface area (Å²) in [5.74, 6) is 1.65. The summed E-state index contributed by atoms with van der Waals surface area (Å²) in [7, 11) is 2.13. The van der Waals surface area contributed by atoms with Crippen LogP contribution in [0.25, 0.3) is 0 Å². The Kier molecular flexibility index (Phi) is 6.02. The number of anilines is 1. The molecule has 1 aromatic rings. The first-order chi connectivity index (χ1) is 9.11. The smallest absolute Gasteiger partial charge is 0.133 e. The van der Waals surface area contributed by atoms with Crippen molar-refractivity contribution in [2.24, 2.45) is 5.92 Å². The third kappa shape index (κ3) is 5.06. The fraction of sp³-hybridized carbons (Fsp3) is 0.688. The Morgan fingerprint density at radius 2 is 1.90 bits per heavy atom. The van der Waals surface area contributed by atoms with Crippen molar-refractivity contribution in [2.45, 2.75) is 59.7 Å². The molecular formula is C16H28BrN3. The maximum atomic E-state index is 4.62. The lowest BCUT2D eigenvalue weighted by Gasteiger charge is -2.31. The second-order valence-electron chi connectivity index (χ2n) is 6.84. The molecule has 1 unspecified atom stereocenters. The molecule has 1 aromatic heterocycles. The Morgan fingerprint density at radius 1 is 1.30 bits per heavy atom. The fourth-order valence-corrected chi connectivity index (χ4v) is 2.30. The van der Waals surface area contributed by atoms with Gasteiger partial charge >= 0.3 is 0 Å². The van der Waals surface area contributed by atoms with Gasteiger partial charge in [0.15, 0.2) is 0 Å². The van der Waals surface area contributed by atoms with Crippen LogP contribution in [0.3, 0.4) is 0 Å². The minimum atomic E-state index is 0.0990. The molecule has 0 aromatic carbocycles. The van der Waals surface area contributed by atoms with E-state index >= 15 is 0 Å². The van der Waals surface area contributed by atoms with Crippen LogP contribution >= 0.6 is 15.9 Å². The van der Waals surface area contributed by atoms with Gasteiger partial charge in [0.05, 0.1) is 0 Å². The molecule has 20 heavy (non-hydrogen) atoms.